The number of hydrogen-bond acceptors (Lipinski definition) is 4. The average Bonchev–Trinajstić information content (AvgIpc) is 3.14. The van der Waals surface area contributed by atoms with Crippen LogP contribution in [0, 0.1) is 5.92 Å². The van der Waals surface area contributed by atoms with E-state index < -0.39 is 14.6 Å². The van der Waals surface area contributed by atoms with Crippen molar-refractivity contribution in [2.45, 2.75) is 48.2 Å². The largest absolute Gasteiger partial charge is 0.341 e. The van der Waals surface area contributed by atoms with Crippen LogP contribution in [-0.2, 0) is 14.6 Å². The lowest BCUT2D eigenvalue weighted by Crippen LogP contribution is -2.54. The molecule has 5 nitrogen and oxygen atoms in total. The Labute approximate surface area is 161 Å². The second kappa shape index (κ2) is 7.87. The Kier molecular flexibility index (Phi) is 5.94. The fourth-order valence-electron chi connectivity index (χ4n) is 4.30. The van der Waals surface area contributed by atoms with Crippen LogP contribution in [0.3, 0.4) is 0 Å². The van der Waals surface area contributed by atoms with Crippen LogP contribution in [0.5, 0.6) is 0 Å². The van der Waals surface area contributed by atoms with E-state index in [1.165, 1.54) is 12.1 Å². The van der Waals surface area contributed by atoms with Gasteiger partial charge < -0.3 is 10.2 Å². The number of carbonyl (C=O) groups is 1. The van der Waals surface area contributed by atoms with Crippen LogP contribution in [-0.4, -0.2) is 50.7 Å². The molecular formula is C19H27ClN2O3S. The van der Waals surface area contributed by atoms with E-state index in [0.717, 1.165) is 32.2 Å². The predicted octanol–water partition coefficient (Wildman–Crippen LogP) is 2.88. The van der Waals surface area contributed by atoms with Gasteiger partial charge in [-0.2, -0.15) is 0 Å². The summed E-state index contributed by atoms with van der Waals surface area (Å²) in [4.78, 5) is 15.4. The third kappa shape index (κ3) is 3.51. The SMILES string of the molecule is CNCC1CCN(C(=O)C2(S(=O)(=O)c3ccc(Cl)cc3)CCCC2)CC1. The highest BCUT2D eigenvalue weighted by molar-refractivity contribution is 7.93. The first kappa shape index (κ1) is 19.6. The minimum Gasteiger partial charge on any atom is -0.341 e. The van der Waals surface area contributed by atoms with Crippen molar-refractivity contribution >= 4 is 27.3 Å². The molecule has 0 radical (unpaired) electrons. The maximum Gasteiger partial charge on any atom is 0.244 e. The lowest BCUT2D eigenvalue weighted by molar-refractivity contribution is -0.135. The number of sulfone groups is 1. The van der Waals surface area contributed by atoms with Crippen molar-refractivity contribution in [1.29, 1.82) is 0 Å². The van der Waals surface area contributed by atoms with Crippen molar-refractivity contribution in [1.82, 2.24) is 10.2 Å². The molecule has 1 amide bonds. The van der Waals surface area contributed by atoms with Crippen LogP contribution in [0.2, 0.25) is 5.02 Å². The maximum absolute atomic E-state index is 13.4. The van der Waals surface area contributed by atoms with Gasteiger partial charge in [-0.25, -0.2) is 8.42 Å². The third-order valence-electron chi connectivity index (χ3n) is 5.83. The molecule has 144 valence electrons. The molecule has 1 saturated carbocycles. The number of rotatable bonds is 5. The number of halogens is 1. The second-order valence-electron chi connectivity index (χ2n) is 7.45. The van der Waals surface area contributed by atoms with Gasteiger partial charge in [-0.15, -0.1) is 0 Å². The fourth-order valence-corrected chi connectivity index (χ4v) is 6.56. The molecule has 1 saturated heterocycles. The summed E-state index contributed by atoms with van der Waals surface area (Å²) < 4.78 is 25.5. The van der Waals surface area contributed by atoms with E-state index >= 15 is 0 Å². The molecule has 0 unspecified atom stereocenters. The number of piperidine rings is 1. The zero-order valence-electron chi connectivity index (χ0n) is 15.2. The number of nitrogens with one attached hydrogen (secondary N) is 1. The summed E-state index contributed by atoms with van der Waals surface area (Å²) >= 11 is 5.90. The predicted molar refractivity (Wildman–Crippen MR) is 103 cm³/mol. The zero-order chi connectivity index (χ0) is 18.8. The molecule has 2 aliphatic rings. The molecule has 1 aliphatic heterocycles. The molecule has 26 heavy (non-hydrogen) atoms. The summed E-state index contributed by atoms with van der Waals surface area (Å²) in [6.07, 6.45) is 4.21. The molecule has 0 aromatic heterocycles. The van der Waals surface area contributed by atoms with E-state index in [4.69, 9.17) is 11.6 Å². The van der Waals surface area contributed by atoms with Gasteiger partial charge in [-0.1, -0.05) is 24.4 Å². The van der Waals surface area contributed by atoms with Crippen molar-refractivity contribution in [3.63, 3.8) is 0 Å². The van der Waals surface area contributed by atoms with Gasteiger partial charge in [-0.3, -0.25) is 4.79 Å². The standard InChI is InChI=1S/C19H27ClN2O3S/c1-21-14-15-8-12-22(13-9-15)18(23)19(10-2-3-11-19)26(24,25)17-6-4-16(20)5-7-17/h4-7,15,21H,2-3,8-14H2,1H3. The van der Waals surface area contributed by atoms with Gasteiger partial charge in [0.15, 0.2) is 14.6 Å². The first-order chi connectivity index (χ1) is 12.4. The van der Waals surface area contributed by atoms with Gasteiger partial charge in [0.2, 0.25) is 5.91 Å². The van der Waals surface area contributed by atoms with E-state index in [1.807, 2.05) is 7.05 Å². The highest BCUT2D eigenvalue weighted by Gasteiger charge is 2.54. The van der Waals surface area contributed by atoms with E-state index in [1.54, 1.807) is 17.0 Å². The molecule has 0 spiro atoms. The quantitative estimate of drug-likeness (QED) is 0.828. The van der Waals surface area contributed by atoms with Crippen molar-refractivity contribution in [2.75, 3.05) is 26.7 Å². The Balaban J connectivity index is 1.86. The molecular weight excluding hydrogens is 372 g/mol. The van der Waals surface area contributed by atoms with Gasteiger partial charge in [0.05, 0.1) is 4.90 Å². The van der Waals surface area contributed by atoms with E-state index in [9.17, 15) is 13.2 Å². The topological polar surface area (TPSA) is 66.5 Å². The monoisotopic (exact) mass is 398 g/mol. The van der Waals surface area contributed by atoms with Crippen LogP contribution in [0.25, 0.3) is 0 Å². The van der Waals surface area contributed by atoms with Gasteiger partial charge in [0.25, 0.3) is 0 Å². The number of nitrogens with zero attached hydrogens (tertiary/aromatic N) is 1. The molecule has 0 atom stereocenters. The summed E-state index contributed by atoms with van der Waals surface area (Å²) in [7, 11) is -1.82. The van der Waals surface area contributed by atoms with Crippen LogP contribution in [0.1, 0.15) is 38.5 Å². The summed E-state index contributed by atoms with van der Waals surface area (Å²) in [5.41, 5.74) is 0. The summed E-state index contributed by atoms with van der Waals surface area (Å²) in [5.74, 6) is 0.351. The lowest BCUT2D eigenvalue weighted by Gasteiger charge is -2.38. The van der Waals surface area contributed by atoms with Crippen molar-refractivity contribution < 1.29 is 13.2 Å². The van der Waals surface area contributed by atoms with Gasteiger partial charge in [0, 0.05) is 18.1 Å². The van der Waals surface area contributed by atoms with Crippen molar-refractivity contribution in [2.24, 2.45) is 5.92 Å². The first-order valence-corrected chi connectivity index (χ1v) is 11.2. The smallest absolute Gasteiger partial charge is 0.244 e. The number of amides is 1. The Morgan fingerprint density at radius 3 is 2.31 bits per heavy atom. The van der Waals surface area contributed by atoms with Gasteiger partial charge in [0.1, 0.15) is 0 Å². The number of hydrogen-bond donors (Lipinski definition) is 1. The molecule has 1 aromatic carbocycles. The number of benzene rings is 1. The van der Waals surface area contributed by atoms with Gasteiger partial charge >= 0.3 is 0 Å². The van der Waals surface area contributed by atoms with E-state index in [-0.39, 0.29) is 10.8 Å². The van der Waals surface area contributed by atoms with Crippen LogP contribution >= 0.6 is 11.6 Å². The summed E-state index contributed by atoms with van der Waals surface area (Å²) in [6.45, 7) is 2.22. The van der Waals surface area contributed by atoms with Crippen LogP contribution in [0.4, 0.5) is 0 Å². The molecule has 2 fully saturated rings. The average molecular weight is 399 g/mol. The molecule has 3 rings (SSSR count). The summed E-state index contributed by atoms with van der Waals surface area (Å²) in [5, 5.41) is 3.67. The van der Waals surface area contributed by atoms with Crippen molar-refractivity contribution in [3.05, 3.63) is 29.3 Å². The number of carbonyl (C=O) groups excluding carboxylic acids is 1. The Morgan fingerprint density at radius 1 is 1.19 bits per heavy atom. The molecule has 1 aliphatic carbocycles. The second-order valence-corrected chi connectivity index (χ2v) is 10.1. The molecule has 0 bridgehead atoms. The Hall–Kier alpha value is -1.11. The van der Waals surface area contributed by atoms with E-state index in [0.29, 0.717) is 36.9 Å². The molecule has 1 N–H and O–H groups in total. The van der Waals surface area contributed by atoms with Gasteiger partial charge in [-0.05, 0) is 69.5 Å². The van der Waals surface area contributed by atoms with Crippen molar-refractivity contribution in [3.8, 4) is 0 Å². The highest BCUT2D eigenvalue weighted by atomic mass is 35.5. The van der Waals surface area contributed by atoms with Crippen LogP contribution in [0.15, 0.2) is 29.2 Å². The summed E-state index contributed by atoms with van der Waals surface area (Å²) in [6, 6.07) is 6.18. The van der Waals surface area contributed by atoms with E-state index in [2.05, 4.69) is 5.32 Å². The normalized spacial score (nSPS) is 21.1. The zero-order valence-corrected chi connectivity index (χ0v) is 16.8. The first-order valence-electron chi connectivity index (χ1n) is 9.35. The lowest BCUT2D eigenvalue weighted by atomic mass is 9.95. The molecule has 1 heterocycles. The third-order valence-corrected chi connectivity index (χ3v) is 8.59. The number of likely N-dealkylation sites (tertiary alicyclic amines) is 1. The Bertz CT molecular complexity index is 735. The minimum atomic E-state index is -3.75. The molecule has 7 heteroatoms. The Morgan fingerprint density at radius 2 is 1.77 bits per heavy atom. The molecule has 1 aromatic rings. The highest BCUT2D eigenvalue weighted by Crippen LogP contribution is 2.42. The fraction of sp³-hybridized carbons (Fsp3) is 0.632. The minimum absolute atomic E-state index is 0.196. The van der Waals surface area contributed by atoms with Crippen LogP contribution < -0.4 is 5.32 Å². The maximum atomic E-state index is 13.4.